The summed E-state index contributed by atoms with van der Waals surface area (Å²) >= 11 is 0.972. The molecule has 0 saturated carbocycles. The van der Waals surface area contributed by atoms with E-state index in [-0.39, 0.29) is 0 Å². The number of anilines is 1. The van der Waals surface area contributed by atoms with Crippen LogP contribution in [0.4, 0.5) is 18.3 Å². The lowest BCUT2D eigenvalue weighted by atomic mass is 10.5. The lowest BCUT2D eigenvalue weighted by Gasteiger charge is -2.12. The Morgan fingerprint density at radius 1 is 1.64 bits per heavy atom. The van der Waals surface area contributed by atoms with Crippen molar-refractivity contribution in [2.45, 2.75) is 6.18 Å². The standard InChI is InChI=1S/C8H9F3N2S/c1-3-4-13(2)7-12-6(5-14-7)8(9,10)11/h3,5H,1,4H2,2H3. The molecule has 0 aromatic carbocycles. The van der Waals surface area contributed by atoms with Crippen molar-refractivity contribution >= 4 is 16.5 Å². The molecule has 0 aliphatic carbocycles. The van der Waals surface area contributed by atoms with Gasteiger partial charge in [-0.05, 0) is 0 Å². The molecule has 0 radical (unpaired) electrons. The molecule has 0 saturated heterocycles. The van der Waals surface area contributed by atoms with Crippen LogP contribution in [-0.2, 0) is 6.18 Å². The zero-order chi connectivity index (χ0) is 10.8. The second kappa shape index (κ2) is 4.00. The quantitative estimate of drug-likeness (QED) is 0.731. The van der Waals surface area contributed by atoms with E-state index in [9.17, 15) is 13.2 Å². The highest BCUT2D eigenvalue weighted by molar-refractivity contribution is 7.13. The molecule has 78 valence electrons. The molecule has 1 aromatic rings. The molecular weight excluding hydrogens is 213 g/mol. The maximum atomic E-state index is 12.2. The Kier molecular flexibility index (Phi) is 3.15. The van der Waals surface area contributed by atoms with Crippen molar-refractivity contribution < 1.29 is 13.2 Å². The van der Waals surface area contributed by atoms with E-state index in [2.05, 4.69) is 11.6 Å². The number of nitrogens with zero attached hydrogens (tertiary/aromatic N) is 2. The van der Waals surface area contributed by atoms with Crippen LogP contribution in [0, 0.1) is 0 Å². The number of likely N-dealkylation sites (N-methyl/N-ethyl adjacent to an activating group) is 1. The Balaban J connectivity index is 2.82. The summed E-state index contributed by atoms with van der Waals surface area (Å²) in [4.78, 5) is 5.08. The number of hydrogen-bond donors (Lipinski definition) is 0. The van der Waals surface area contributed by atoms with E-state index in [1.165, 1.54) is 0 Å². The summed E-state index contributed by atoms with van der Waals surface area (Å²) in [5.74, 6) is 0. The van der Waals surface area contributed by atoms with Gasteiger partial charge < -0.3 is 4.90 Å². The third kappa shape index (κ3) is 2.47. The Morgan fingerprint density at radius 3 is 2.71 bits per heavy atom. The predicted octanol–water partition coefficient (Wildman–Crippen LogP) is 2.78. The van der Waals surface area contributed by atoms with Gasteiger partial charge in [-0.2, -0.15) is 13.2 Å². The van der Waals surface area contributed by atoms with Gasteiger partial charge in [0.05, 0.1) is 0 Å². The minimum atomic E-state index is -4.36. The third-order valence-corrected chi connectivity index (χ3v) is 2.47. The second-order valence-electron chi connectivity index (χ2n) is 2.68. The van der Waals surface area contributed by atoms with Crippen molar-refractivity contribution in [3.63, 3.8) is 0 Å². The van der Waals surface area contributed by atoms with Crippen molar-refractivity contribution in [2.75, 3.05) is 18.5 Å². The first-order chi connectivity index (χ1) is 6.45. The highest BCUT2D eigenvalue weighted by Crippen LogP contribution is 2.32. The molecule has 0 fully saturated rings. The molecule has 2 nitrogen and oxygen atoms in total. The van der Waals surface area contributed by atoms with Gasteiger partial charge in [-0.3, -0.25) is 0 Å². The van der Waals surface area contributed by atoms with Crippen molar-refractivity contribution in [3.8, 4) is 0 Å². The number of halogens is 3. The third-order valence-electron chi connectivity index (χ3n) is 1.51. The largest absolute Gasteiger partial charge is 0.434 e. The van der Waals surface area contributed by atoms with Crippen molar-refractivity contribution in [1.82, 2.24) is 4.98 Å². The molecule has 14 heavy (non-hydrogen) atoms. The monoisotopic (exact) mass is 222 g/mol. The van der Waals surface area contributed by atoms with Crippen molar-refractivity contribution in [1.29, 1.82) is 0 Å². The van der Waals surface area contributed by atoms with Gasteiger partial charge in [0.25, 0.3) is 0 Å². The van der Waals surface area contributed by atoms with Crippen LogP contribution in [0.1, 0.15) is 5.69 Å². The Hall–Kier alpha value is -1.04. The summed E-state index contributed by atoms with van der Waals surface area (Å²) in [6.07, 6.45) is -2.75. The van der Waals surface area contributed by atoms with Gasteiger partial charge in [0.1, 0.15) is 0 Å². The molecule has 0 spiro atoms. The molecule has 0 aliphatic rings. The number of alkyl halides is 3. The van der Waals surface area contributed by atoms with Crippen LogP contribution in [0.3, 0.4) is 0 Å². The highest BCUT2D eigenvalue weighted by atomic mass is 32.1. The molecular formula is C8H9F3N2S. The first-order valence-electron chi connectivity index (χ1n) is 3.80. The number of thiazole rings is 1. The fourth-order valence-corrected chi connectivity index (χ4v) is 1.65. The summed E-state index contributed by atoms with van der Waals surface area (Å²) in [6.45, 7) is 3.97. The summed E-state index contributed by atoms with van der Waals surface area (Å²) in [7, 11) is 1.67. The molecule has 0 unspecified atom stereocenters. The topological polar surface area (TPSA) is 16.1 Å². The van der Waals surface area contributed by atoms with Gasteiger partial charge in [-0.1, -0.05) is 6.08 Å². The first kappa shape index (κ1) is 11.0. The SMILES string of the molecule is C=CCN(C)c1nc(C(F)(F)F)cs1. The molecule has 0 atom stereocenters. The molecule has 0 bridgehead atoms. The fraction of sp³-hybridized carbons (Fsp3) is 0.375. The molecule has 6 heteroatoms. The zero-order valence-electron chi connectivity index (χ0n) is 7.51. The lowest BCUT2D eigenvalue weighted by Crippen LogP contribution is -2.16. The van der Waals surface area contributed by atoms with E-state index >= 15 is 0 Å². The minimum Gasteiger partial charge on any atom is -0.347 e. The van der Waals surface area contributed by atoms with Crippen LogP contribution in [0.5, 0.6) is 0 Å². The van der Waals surface area contributed by atoms with Crippen LogP contribution >= 0.6 is 11.3 Å². The van der Waals surface area contributed by atoms with Gasteiger partial charge in [0, 0.05) is 19.0 Å². The van der Waals surface area contributed by atoms with Gasteiger partial charge in [0.2, 0.25) is 0 Å². The van der Waals surface area contributed by atoms with Crippen LogP contribution in [-0.4, -0.2) is 18.6 Å². The van der Waals surface area contributed by atoms with Gasteiger partial charge in [-0.15, -0.1) is 17.9 Å². The Morgan fingerprint density at radius 2 is 2.29 bits per heavy atom. The second-order valence-corrected chi connectivity index (χ2v) is 3.52. The predicted molar refractivity (Wildman–Crippen MR) is 50.6 cm³/mol. The van der Waals surface area contributed by atoms with Gasteiger partial charge >= 0.3 is 6.18 Å². The van der Waals surface area contributed by atoms with Crippen LogP contribution < -0.4 is 4.90 Å². The number of rotatable bonds is 3. The van der Waals surface area contributed by atoms with Crippen LogP contribution in [0.2, 0.25) is 0 Å². The van der Waals surface area contributed by atoms with Crippen LogP contribution in [0.25, 0.3) is 0 Å². The normalized spacial score (nSPS) is 11.4. The van der Waals surface area contributed by atoms with Crippen molar-refractivity contribution in [2.24, 2.45) is 0 Å². The summed E-state index contributed by atoms with van der Waals surface area (Å²) in [6, 6.07) is 0. The fourth-order valence-electron chi connectivity index (χ4n) is 0.842. The minimum absolute atomic E-state index is 0.345. The van der Waals surface area contributed by atoms with E-state index in [1.807, 2.05) is 0 Å². The number of hydrogen-bond acceptors (Lipinski definition) is 3. The van der Waals surface area contributed by atoms with E-state index < -0.39 is 11.9 Å². The summed E-state index contributed by atoms with van der Waals surface area (Å²) in [5.41, 5.74) is -0.839. The first-order valence-corrected chi connectivity index (χ1v) is 4.68. The molecule has 1 aromatic heterocycles. The van der Waals surface area contributed by atoms with E-state index in [0.29, 0.717) is 11.7 Å². The molecule has 0 amide bonds. The Bertz CT molecular complexity index is 319. The molecule has 0 N–H and O–H groups in total. The summed E-state index contributed by atoms with van der Waals surface area (Å²) < 4.78 is 36.5. The summed E-state index contributed by atoms with van der Waals surface area (Å²) in [5, 5.41) is 1.35. The number of aromatic nitrogens is 1. The highest BCUT2D eigenvalue weighted by Gasteiger charge is 2.33. The lowest BCUT2D eigenvalue weighted by molar-refractivity contribution is -0.140. The average Bonchev–Trinajstić information content (AvgIpc) is 2.51. The molecule has 0 aliphatic heterocycles. The van der Waals surface area contributed by atoms with E-state index in [4.69, 9.17) is 0 Å². The average molecular weight is 222 g/mol. The van der Waals surface area contributed by atoms with Gasteiger partial charge in [0.15, 0.2) is 10.8 Å². The van der Waals surface area contributed by atoms with E-state index in [0.717, 1.165) is 16.7 Å². The van der Waals surface area contributed by atoms with Crippen molar-refractivity contribution in [3.05, 3.63) is 23.7 Å². The Labute approximate surface area is 83.7 Å². The van der Waals surface area contributed by atoms with Gasteiger partial charge in [-0.25, -0.2) is 4.98 Å². The van der Waals surface area contributed by atoms with E-state index in [1.54, 1.807) is 18.0 Å². The molecule has 1 heterocycles. The van der Waals surface area contributed by atoms with Crippen LogP contribution in [0.15, 0.2) is 18.0 Å². The maximum Gasteiger partial charge on any atom is 0.434 e. The maximum absolute atomic E-state index is 12.2. The molecule has 1 rings (SSSR count). The smallest absolute Gasteiger partial charge is 0.347 e. The zero-order valence-corrected chi connectivity index (χ0v) is 8.32.